The molecule has 12 heteroatoms. The Kier molecular flexibility index (Phi) is 9.66. The molecule has 0 saturated carbocycles. The van der Waals surface area contributed by atoms with Crippen molar-refractivity contribution in [1.29, 1.82) is 0 Å². The van der Waals surface area contributed by atoms with Crippen LogP contribution in [0.25, 0.3) is 0 Å². The highest BCUT2D eigenvalue weighted by atomic mass is 19.4. The molecule has 0 aliphatic carbocycles. The molecule has 35 heavy (non-hydrogen) atoms. The highest BCUT2D eigenvalue weighted by Gasteiger charge is 2.38. The minimum atomic E-state index is -5.13. The number of benzene rings is 2. The molecule has 0 heterocycles. The van der Waals surface area contributed by atoms with Gasteiger partial charge in [-0.05, 0) is 43.7 Å². The van der Waals surface area contributed by atoms with Gasteiger partial charge in [0.05, 0.1) is 17.2 Å². The number of carbonyl (C=O) groups is 2. The summed E-state index contributed by atoms with van der Waals surface area (Å²) >= 11 is 0. The maximum absolute atomic E-state index is 13.1. The number of anilines is 1. The molecular weight excluding hydrogens is 482 g/mol. The summed E-state index contributed by atoms with van der Waals surface area (Å²) in [7, 11) is 0. The number of hydroxylamine groups is 1. The van der Waals surface area contributed by atoms with Crippen LogP contribution in [0.1, 0.15) is 48.2 Å². The van der Waals surface area contributed by atoms with Crippen LogP contribution in [0.4, 0.5) is 32.0 Å². The molecule has 0 aliphatic heterocycles. The van der Waals surface area contributed by atoms with Crippen LogP contribution < -0.4 is 10.8 Å². The van der Waals surface area contributed by atoms with Gasteiger partial charge in [-0.3, -0.25) is 14.4 Å². The van der Waals surface area contributed by atoms with E-state index in [1.807, 2.05) is 6.92 Å². The maximum atomic E-state index is 13.1. The quantitative estimate of drug-likeness (QED) is 0.250. The number of halogens is 6. The van der Waals surface area contributed by atoms with Gasteiger partial charge < -0.3 is 10.1 Å². The van der Waals surface area contributed by atoms with Crippen LogP contribution in [0.5, 0.6) is 0 Å². The van der Waals surface area contributed by atoms with Gasteiger partial charge in [-0.15, -0.1) is 0 Å². The van der Waals surface area contributed by atoms with E-state index in [1.165, 1.54) is 6.92 Å². The van der Waals surface area contributed by atoms with Crippen LogP contribution in [-0.4, -0.2) is 30.6 Å². The number of hydrogen-bond acceptors (Lipinski definition) is 4. The number of alkyl halides is 6. The van der Waals surface area contributed by atoms with E-state index in [2.05, 4.69) is 5.32 Å². The largest absolute Gasteiger partial charge is 0.416 e. The van der Waals surface area contributed by atoms with E-state index in [1.54, 1.807) is 35.8 Å². The van der Waals surface area contributed by atoms with Crippen LogP contribution in [0.3, 0.4) is 0 Å². The van der Waals surface area contributed by atoms with E-state index in [0.717, 1.165) is 6.42 Å². The third-order valence-electron chi connectivity index (χ3n) is 4.73. The fraction of sp³-hybridized carbons (Fsp3) is 0.391. The van der Waals surface area contributed by atoms with Crippen molar-refractivity contribution >= 4 is 17.5 Å². The number of rotatable bonds is 10. The number of para-hydroxylation sites is 1. The van der Waals surface area contributed by atoms with E-state index in [9.17, 15) is 35.9 Å². The summed E-state index contributed by atoms with van der Waals surface area (Å²) in [6.45, 7) is 3.64. The van der Waals surface area contributed by atoms with Crippen molar-refractivity contribution in [3.63, 3.8) is 0 Å². The fourth-order valence-corrected chi connectivity index (χ4v) is 2.86. The van der Waals surface area contributed by atoms with Crippen molar-refractivity contribution in [2.45, 2.75) is 51.2 Å². The van der Waals surface area contributed by atoms with E-state index in [4.69, 9.17) is 9.57 Å². The van der Waals surface area contributed by atoms with Crippen LogP contribution in [-0.2, 0) is 26.7 Å². The molecule has 2 rings (SSSR count). The lowest BCUT2D eigenvalue weighted by Gasteiger charge is -2.23. The first-order chi connectivity index (χ1) is 16.3. The highest BCUT2D eigenvalue weighted by Crippen LogP contribution is 2.36. The standard InChI is InChI=1S/C23H24F6N2O4/c1-3-4-10-34-14(2)19(21(33)30-18-8-6-5-7-9-18)35-31-20(32)15-11-16(22(24,25)26)13-17(12-15)23(27,28)29/h5-9,11-14,19H,3-4,10H2,1-2H3,(H,30,33)(H,31,32)/t14?,19-/m1/s1. The molecule has 192 valence electrons. The van der Waals surface area contributed by atoms with Gasteiger partial charge in [0.25, 0.3) is 11.8 Å². The highest BCUT2D eigenvalue weighted by molar-refractivity contribution is 5.96. The Morgan fingerprint density at radius 1 is 0.943 bits per heavy atom. The fourth-order valence-electron chi connectivity index (χ4n) is 2.86. The summed E-state index contributed by atoms with van der Waals surface area (Å²) in [5.41, 5.74) is -2.10. The first-order valence-electron chi connectivity index (χ1n) is 10.6. The van der Waals surface area contributed by atoms with Gasteiger partial charge in [-0.2, -0.15) is 26.3 Å². The molecule has 2 aromatic rings. The minimum absolute atomic E-state index is 0.0998. The molecule has 0 radical (unpaired) electrons. The Morgan fingerprint density at radius 3 is 2.03 bits per heavy atom. The van der Waals surface area contributed by atoms with Crippen molar-refractivity contribution in [1.82, 2.24) is 5.48 Å². The normalized spacial score (nSPS) is 13.7. The van der Waals surface area contributed by atoms with Crippen molar-refractivity contribution in [3.05, 3.63) is 65.2 Å². The van der Waals surface area contributed by atoms with Crippen LogP contribution in [0.2, 0.25) is 0 Å². The Morgan fingerprint density at radius 2 is 1.51 bits per heavy atom. The predicted octanol–water partition coefficient (Wildman–Crippen LogP) is 5.60. The van der Waals surface area contributed by atoms with Crippen LogP contribution >= 0.6 is 0 Å². The summed E-state index contributed by atoms with van der Waals surface area (Å²) in [6.07, 6.45) is -11.2. The molecule has 0 aromatic heterocycles. The molecule has 2 aromatic carbocycles. The maximum Gasteiger partial charge on any atom is 0.416 e. The molecule has 2 atom stereocenters. The van der Waals surface area contributed by atoms with E-state index < -0.39 is 53.1 Å². The zero-order valence-electron chi connectivity index (χ0n) is 18.8. The SMILES string of the molecule is CCCCOC(C)[C@@H](ONC(=O)c1cc(C(F)(F)F)cc(C(F)(F)F)c1)C(=O)Nc1ccccc1. The third-order valence-corrected chi connectivity index (χ3v) is 4.73. The molecular formula is C23H24F6N2O4. The van der Waals surface area contributed by atoms with Gasteiger partial charge in [0, 0.05) is 17.9 Å². The molecule has 0 bridgehead atoms. The summed E-state index contributed by atoms with van der Waals surface area (Å²) in [5, 5.41) is 2.54. The molecule has 6 nitrogen and oxygen atoms in total. The molecule has 1 unspecified atom stereocenters. The van der Waals surface area contributed by atoms with Gasteiger partial charge in [-0.25, -0.2) is 5.48 Å². The van der Waals surface area contributed by atoms with Crippen molar-refractivity contribution in [3.8, 4) is 0 Å². The second kappa shape index (κ2) is 12.0. The van der Waals surface area contributed by atoms with Crippen LogP contribution in [0.15, 0.2) is 48.5 Å². The van der Waals surface area contributed by atoms with Crippen molar-refractivity contribution in [2.24, 2.45) is 0 Å². The number of nitrogens with one attached hydrogen (secondary N) is 2. The average Bonchev–Trinajstić information content (AvgIpc) is 2.78. The van der Waals surface area contributed by atoms with Crippen molar-refractivity contribution in [2.75, 3.05) is 11.9 Å². The summed E-state index contributed by atoms with van der Waals surface area (Å²) in [5.74, 6) is -2.15. The zero-order chi connectivity index (χ0) is 26.2. The Bertz CT molecular complexity index is 963. The lowest BCUT2D eigenvalue weighted by Crippen LogP contribution is -2.45. The number of ether oxygens (including phenoxy) is 1. The van der Waals surface area contributed by atoms with Gasteiger partial charge in [0.15, 0.2) is 6.10 Å². The van der Waals surface area contributed by atoms with Gasteiger partial charge in [-0.1, -0.05) is 31.5 Å². The molecule has 0 spiro atoms. The van der Waals surface area contributed by atoms with Crippen molar-refractivity contribution < 1.29 is 45.5 Å². The summed E-state index contributed by atoms with van der Waals surface area (Å²) in [6, 6.07) is 8.60. The van der Waals surface area contributed by atoms with E-state index in [-0.39, 0.29) is 24.8 Å². The molecule has 2 amide bonds. The number of hydrogen-bond donors (Lipinski definition) is 2. The van der Waals surface area contributed by atoms with Crippen LogP contribution in [0, 0.1) is 0 Å². The Balaban J connectivity index is 2.24. The van der Waals surface area contributed by atoms with Gasteiger partial charge >= 0.3 is 12.4 Å². The second-order valence-corrected chi connectivity index (χ2v) is 7.55. The van der Waals surface area contributed by atoms with Gasteiger partial charge in [0.2, 0.25) is 0 Å². The lowest BCUT2D eigenvalue weighted by molar-refractivity contribution is -0.144. The smallest absolute Gasteiger partial charge is 0.375 e. The summed E-state index contributed by atoms with van der Waals surface area (Å²) in [4.78, 5) is 30.3. The Hall–Kier alpha value is -3.12. The topological polar surface area (TPSA) is 76.7 Å². The minimum Gasteiger partial charge on any atom is -0.375 e. The predicted molar refractivity (Wildman–Crippen MR) is 114 cm³/mol. The first-order valence-corrected chi connectivity index (χ1v) is 10.6. The van der Waals surface area contributed by atoms with E-state index in [0.29, 0.717) is 12.1 Å². The zero-order valence-corrected chi connectivity index (χ0v) is 18.8. The number of amides is 2. The second-order valence-electron chi connectivity index (χ2n) is 7.55. The third kappa shape index (κ3) is 8.55. The average molecular weight is 506 g/mol. The van der Waals surface area contributed by atoms with Gasteiger partial charge in [0.1, 0.15) is 0 Å². The molecule has 0 saturated heterocycles. The molecule has 0 fully saturated rings. The molecule has 2 N–H and O–H groups in total. The monoisotopic (exact) mass is 506 g/mol. The number of unbranched alkanes of at least 4 members (excludes halogenated alkanes) is 1. The first kappa shape index (κ1) is 28.1. The van der Waals surface area contributed by atoms with E-state index >= 15 is 0 Å². The lowest BCUT2D eigenvalue weighted by atomic mass is 10.0. The Labute approximate surface area is 197 Å². The molecule has 0 aliphatic rings. The number of carbonyl (C=O) groups excluding carboxylic acids is 2. The summed E-state index contributed by atoms with van der Waals surface area (Å²) < 4.78 is 84.0.